The van der Waals surface area contributed by atoms with Crippen molar-refractivity contribution in [1.82, 2.24) is 0 Å². The van der Waals surface area contributed by atoms with Gasteiger partial charge in [-0.25, -0.2) is 4.39 Å². The maximum atomic E-state index is 13.0. The van der Waals surface area contributed by atoms with Gasteiger partial charge < -0.3 is 5.73 Å². The summed E-state index contributed by atoms with van der Waals surface area (Å²) in [5.74, 6) is -0.222. The van der Waals surface area contributed by atoms with Crippen molar-refractivity contribution in [3.63, 3.8) is 0 Å². The molecule has 0 aliphatic rings. The van der Waals surface area contributed by atoms with E-state index in [1.807, 2.05) is 11.4 Å². The molecule has 2 aromatic rings. The summed E-state index contributed by atoms with van der Waals surface area (Å²) < 4.78 is 14.0. The van der Waals surface area contributed by atoms with Crippen LogP contribution in [0.4, 0.5) is 4.39 Å². The Hall–Kier alpha value is -0.710. The molecule has 0 spiro atoms. The highest BCUT2D eigenvalue weighted by molar-refractivity contribution is 9.10. The molecular formula is C14H15BrFNS. The Bertz CT molecular complexity index is 533. The highest BCUT2D eigenvalue weighted by Crippen LogP contribution is 2.40. The third kappa shape index (κ3) is 2.51. The molecule has 1 atom stereocenters. The fourth-order valence-corrected chi connectivity index (χ4v) is 3.72. The molecule has 1 heterocycles. The average molecular weight is 328 g/mol. The minimum Gasteiger partial charge on any atom is -0.323 e. The summed E-state index contributed by atoms with van der Waals surface area (Å²) in [5.41, 5.74) is 7.16. The molecule has 1 nitrogen and oxygen atoms in total. The summed E-state index contributed by atoms with van der Waals surface area (Å²) in [6.45, 7) is 4.16. The van der Waals surface area contributed by atoms with Gasteiger partial charge in [0.1, 0.15) is 5.82 Å². The smallest absolute Gasteiger partial charge is 0.123 e. The van der Waals surface area contributed by atoms with Crippen molar-refractivity contribution in [2.45, 2.75) is 25.3 Å². The first-order valence-corrected chi connectivity index (χ1v) is 7.34. The fraction of sp³-hybridized carbons (Fsp3) is 0.286. The first-order chi connectivity index (χ1) is 8.43. The Morgan fingerprint density at radius 3 is 2.33 bits per heavy atom. The van der Waals surface area contributed by atoms with E-state index in [9.17, 15) is 4.39 Å². The largest absolute Gasteiger partial charge is 0.323 e. The van der Waals surface area contributed by atoms with E-state index >= 15 is 0 Å². The lowest BCUT2D eigenvalue weighted by Gasteiger charge is -2.32. The number of rotatable bonds is 3. The molecule has 0 amide bonds. The lowest BCUT2D eigenvalue weighted by molar-refractivity contribution is 0.424. The highest BCUT2D eigenvalue weighted by atomic mass is 79.9. The molecule has 0 aliphatic carbocycles. The van der Waals surface area contributed by atoms with E-state index in [-0.39, 0.29) is 17.3 Å². The summed E-state index contributed by atoms with van der Waals surface area (Å²) >= 11 is 5.15. The fourth-order valence-electron chi connectivity index (χ4n) is 1.91. The van der Waals surface area contributed by atoms with Gasteiger partial charge in [0.15, 0.2) is 0 Å². The number of thiophene rings is 1. The van der Waals surface area contributed by atoms with Crippen LogP contribution in [0.1, 0.15) is 30.3 Å². The Morgan fingerprint density at radius 1 is 1.22 bits per heavy atom. The quantitative estimate of drug-likeness (QED) is 0.874. The maximum Gasteiger partial charge on any atom is 0.123 e. The molecule has 0 aliphatic heterocycles. The number of benzene rings is 1. The van der Waals surface area contributed by atoms with E-state index in [2.05, 4.69) is 29.8 Å². The predicted molar refractivity (Wildman–Crippen MR) is 78.4 cm³/mol. The van der Waals surface area contributed by atoms with Crippen LogP contribution in [0.2, 0.25) is 0 Å². The molecule has 0 saturated heterocycles. The van der Waals surface area contributed by atoms with E-state index in [1.165, 1.54) is 12.1 Å². The van der Waals surface area contributed by atoms with Crippen molar-refractivity contribution in [1.29, 1.82) is 0 Å². The van der Waals surface area contributed by atoms with Crippen LogP contribution >= 0.6 is 27.3 Å². The van der Waals surface area contributed by atoms with Crippen molar-refractivity contribution in [2.75, 3.05) is 0 Å². The SMILES string of the molecule is CC(C)(c1ccc(F)cc1)C(N)c1sccc1Br. The first kappa shape index (κ1) is 13.7. The van der Waals surface area contributed by atoms with Gasteiger partial charge in [0.25, 0.3) is 0 Å². The second kappa shape index (κ2) is 5.11. The normalized spacial score (nSPS) is 13.6. The van der Waals surface area contributed by atoms with E-state index in [0.29, 0.717) is 0 Å². The van der Waals surface area contributed by atoms with E-state index in [4.69, 9.17) is 5.73 Å². The summed E-state index contributed by atoms with van der Waals surface area (Å²) in [5, 5.41) is 2.01. The van der Waals surface area contributed by atoms with Gasteiger partial charge in [0.05, 0.1) is 0 Å². The zero-order valence-electron chi connectivity index (χ0n) is 10.3. The van der Waals surface area contributed by atoms with Crippen molar-refractivity contribution >= 4 is 27.3 Å². The molecular weight excluding hydrogens is 313 g/mol. The average Bonchev–Trinajstić information content (AvgIpc) is 2.75. The Labute approximate surface area is 119 Å². The molecule has 0 bridgehead atoms. The molecule has 96 valence electrons. The number of hydrogen-bond acceptors (Lipinski definition) is 2. The van der Waals surface area contributed by atoms with Gasteiger partial charge in [0, 0.05) is 20.8 Å². The lowest BCUT2D eigenvalue weighted by Crippen LogP contribution is -2.32. The van der Waals surface area contributed by atoms with Gasteiger partial charge in [-0.2, -0.15) is 0 Å². The minimum absolute atomic E-state index is 0.127. The van der Waals surface area contributed by atoms with Crippen LogP contribution < -0.4 is 5.73 Å². The molecule has 0 saturated carbocycles. The molecule has 0 fully saturated rings. The van der Waals surface area contributed by atoms with E-state index in [0.717, 1.165) is 14.9 Å². The lowest BCUT2D eigenvalue weighted by atomic mass is 9.77. The second-order valence-electron chi connectivity index (χ2n) is 4.84. The topological polar surface area (TPSA) is 26.0 Å². The highest BCUT2D eigenvalue weighted by Gasteiger charge is 2.31. The van der Waals surface area contributed by atoms with Crippen LogP contribution in [0.25, 0.3) is 0 Å². The summed E-state index contributed by atoms with van der Waals surface area (Å²) in [7, 11) is 0. The van der Waals surface area contributed by atoms with Crippen molar-refractivity contribution in [2.24, 2.45) is 5.73 Å². The predicted octanol–water partition coefficient (Wildman–Crippen LogP) is 4.63. The van der Waals surface area contributed by atoms with Crippen LogP contribution in [0.5, 0.6) is 0 Å². The van der Waals surface area contributed by atoms with Crippen LogP contribution in [0, 0.1) is 5.82 Å². The Kier molecular flexibility index (Phi) is 3.90. The molecule has 0 radical (unpaired) electrons. The third-order valence-electron chi connectivity index (χ3n) is 3.29. The minimum atomic E-state index is -0.249. The zero-order valence-corrected chi connectivity index (χ0v) is 12.7. The standard InChI is InChI=1S/C14H15BrFNS/c1-14(2,9-3-5-10(16)6-4-9)13(17)12-11(15)7-8-18-12/h3-8,13H,17H2,1-2H3. The summed E-state index contributed by atoms with van der Waals surface area (Å²) in [6, 6.07) is 8.44. The monoisotopic (exact) mass is 327 g/mol. The van der Waals surface area contributed by atoms with Crippen LogP contribution in [-0.2, 0) is 5.41 Å². The molecule has 18 heavy (non-hydrogen) atoms. The molecule has 1 unspecified atom stereocenters. The van der Waals surface area contributed by atoms with Gasteiger partial charge >= 0.3 is 0 Å². The summed E-state index contributed by atoms with van der Waals surface area (Å²) in [6.07, 6.45) is 0. The number of nitrogens with two attached hydrogens (primary N) is 1. The maximum absolute atomic E-state index is 13.0. The number of hydrogen-bond donors (Lipinski definition) is 1. The van der Waals surface area contributed by atoms with E-state index in [1.54, 1.807) is 23.5 Å². The van der Waals surface area contributed by atoms with Crippen LogP contribution in [0.3, 0.4) is 0 Å². The van der Waals surface area contributed by atoms with E-state index < -0.39 is 0 Å². The molecule has 4 heteroatoms. The third-order valence-corrected chi connectivity index (χ3v) is 5.25. The molecule has 2 rings (SSSR count). The Morgan fingerprint density at radius 2 is 1.83 bits per heavy atom. The van der Waals surface area contributed by atoms with Crippen molar-refractivity contribution in [3.05, 3.63) is 56.4 Å². The first-order valence-electron chi connectivity index (χ1n) is 5.67. The Balaban J connectivity index is 2.36. The van der Waals surface area contributed by atoms with Crippen molar-refractivity contribution in [3.8, 4) is 0 Å². The van der Waals surface area contributed by atoms with Gasteiger partial charge in [0.2, 0.25) is 0 Å². The van der Waals surface area contributed by atoms with Gasteiger partial charge in [-0.1, -0.05) is 26.0 Å². The second-order valence-corrected chi connectivity index (χ2v) is 6.64. The van der Waals surface area contributed by atoms with Crippen molar-refractivity contribution < 1.29 is 4.39 Å². The van der Waals surface area contributed by atoms with Crippen LogP contribution in [0.15, 0.2) is 40.2 Å². The van der Waals surface area contributed by atoms with Gasteiger partial charge in [-0.3, -0.25) is 0 Å². The number of halogens is 2. The molecule has 1 aromatic heterocycles. The molecule has 1 aromatic carbocycles. The zero-order chi connectivity index (χ0) is 13.3. The van der Waals surface area contributed by atoms with Gasteiger partial charge in [-0.15, -0.1) is 11.3 Å². The summed E-state index contributed by atoms with van der Waals surface area (Å²) in [4.78, 5) is 1.12. The van der Waals surface area contributed by atoms with Crippen LogP contribution in [-0.4, -0.2) is 0 Å². The van der Waals surface area contributed by atoms with Gasteiger partial charge in [-0.05, 0) is 45.1 Å². The molecule has 2 N–H and O–H groups in total.